The van der Waals surface area contributed by atoms with Gasteiger partial charge in [0.15, 0.2) is 5.65 Å². The van der Waals surface area contributed by atoms with Crippen LogP contribution < -0.4 is 10.5 Å². The monoisotopic (exact) mass is 270 g/mol. The second kappa shape index (κ2) is 4.76. The maximum Gasteiger partial charge on any atom is 0.222 e. The SMILES string of the molecule is CC(C)Oc1cncc(-c2nc(N)nc3[nH]ncc23)c1. The second-order valence-corrected chi connectivity index (χ2v) is 4.64. The van der Waals surface area contributed by atoms with E-state index >= 15 is 0 Å². The van der Waals surface area contributed by atoms with E-state index in [9.17, 15) is 0 Å². The highest BCUT2D eigenvalue weighted by Crippen LogP contribution is 2.27. The molecule has 102 valence electrons. The fourth-order valence-electron chi connectivity index (χ4n) is 1.96. The molecule has 0 saturated carbocycles. The number of nitrogens with zero attached hydrogens (tertiary/aromatic N) is 4. The van der Waals surface area contributed by atoms with Crippen molar-refractivity contribution in [2.24, 2.45) is 0 Å². The number of rotatable bonds is 3. The standard InChI is InChI=1S/C13H14N6O/c1-7(2)20-9-3-8(4-15-5-9)11-10-6-16-19-12(10)18-13(14)17-11/h3-7H,1-2H3,(H3,14,16,17,18,19). The average molecular weight is 270 g/mol. The topological polar surface area (TPSA) is 103 Å². The van der Waals surface area contributed by atoms with Gasteiger partial charge in [-0.15, -0.1) is 0 Å². The average Bonchev–Trinajstić information content (AvgIpc) is 2.85. The maximum absolute atomic E-state index is 5.72. The highest BCUT2D eigenvalue weighted by molar-refractivity contribution is 5.90. The molecule has 0 radical (unpaired) electrons. The minimum absolute atomic E-state index is 0.0801. The highest BCUT2D eigenvalue weighted by atomic mass is 16.5. The van der Waals surface area contributed by atoms with Crippen molar-refractivity contribution in [2.75, 3.05) is 5.73 Å². The number of aromatic nitrogens is 5. The van der Waals surface area contributed by atoms with Gasteiger partial charge in [0.1, 0.15) is 5.75 Å². The highest BCUT2D eigenvalue weighted by Gasteiger charge is 2.11. The summed E-state index contributed by atoms with van der Waals surface area (Å²) in [4.78, 5) is 12.5. The molecule has 0 aliphatic carbocycles. The number of H-pyrrole nitrogens is 1. The number of ether oxygens (including phenoxy) is 1. The third-order valence-electron chi connectivity index (χ3n) is 2.69. The first-order chi connectivity index (χ1) is 9.63. The molecule has 7 heteroatoms. The lowest BCUT2D eigenvalue weighted by Crippen LogP contribution is -2.06. The third-order valence-corrected chi connectivity index (χ3v) is 2.69. The van der Waals surface area contributed by atoms with E-state index in [1.165, 1.54) is 0 Å². The van der Waals surface area contributed by atoms with Crippen molar-refractivity contribution in [1.29, 1.82) is 0 Å². The van der Waals surface area contributed by atoms with Gasteiger partial charge < -0.3 is 10.5 Å². The zero-order valence-electron chi connectivity index (χ0n) is 11.2. The van der Waals surface area contributed by atoms with Gasteiger partial charge >= 0.3 is 0 Å². The van der Waals surface area contributed by atoms with E-state index < -0.39 is 0 Å². The molecule has 3 heterocycles. The first kappa shape index (κ1) is 12.3. The maximum atomic E-state index is 5.72. The minimum atomic E-state index is 0.0801. The van der Waals surface area contributed by atoms with Crippen LogP contribution in [0, 0.1) is 0 Å². The van der Waals surface area contributed by atoms with Crippen molar-refractivity contribution in [1.82, 2.24) is 25.1 Å². The molecule has 3 aromatic heterocycles. The number of anilines is 1. The summed E-state index contributed by atoms with van der Waals surface area (Å²) < 4.78 is 5.64. The fourth-order valence-corrected chi connectivity index (χ4v) is 1.96. The van der Waals surface area contributed by atoms with Crippen LogP contribution >= 0.6 is 0 Å². The van der Waals surface area contributed by atoms with E-state index in [1.54, 1.807) is 18.6 Å². The Hall–Kier alpha value is -2.70. The molecule has 0 fully saturated rings. The smallest absolute Gasteiger partial charge is 0.222 e. The summed E-state index contributed by atoms with van der Waals surface area (Å²) in [5.41, 5.74) is 7.81. The van der Waals surface area contributed by atoms with Gasteiger partial charge in [-0.2, -0.15) is 10.1 Å². The van der Waals surface area contributed by atoms with Gasteiger partial charge in [-0.3, -0.25) is 10.1 Å². The predicted octanol–water partition coefficient (Wildman–Crippen LogP) is 1.78. The normalized spacial score (nSPS) is 11.2. The number of nitrogens with two attached hydrogens (primary N) is 1. The van der Waals surface area contributed by atoms with Crippen LogP contribution in [-0.4, -0.2) is 31.3 Å². The van der Waals surface area contributed by atoms with Gasteiger partial charge in [0.05, 0.1) is 29.6 Å². The van der Waals surface area contributed by atoms with Crippen LogP contribution in [0.25, 0.3) is 22.3 Å². The lowest BCUT2D eigenvalue weighted by Gasteiger charge is -2.10. The van der Waals surface area contributed by atoms with Crippen LogP contribution in [0.2, 0.25) is 0 Å². The Labute approximate surface area is 115 Å². The second-order valence-electron chi connectivity index (χ2n) is 4.64. The number of nitrogens with one attached hydrogen (secondary N) is 1. The van der Waals surface area contributed by atoms with Crippen molar-refractivity contribution in [3.63, 3.8) is 0 Å². The van der Waals surface area contributed by atoms with Gasteiger partial charge in [0.2, 0.25) is 5.95 Å². The molecular weight excluding hydrogens is 256 g/mol. The molecular formula is C13H14N6O. The van der Waals surface area contributed by atoms with Crippen LogP contribution in [-0.2, 0) is 0 Å². The van der Waals surface area contributed by atoms with Gasteiger partial charge in [-0.05, 0) is 19.9 Å². The molecule has 0 spiro atoms. The van der Waals surface area contributed by atoms with Crippen LogP contribution in [0.1, 0.15) is 13.8 Å². The fraction of sp³-hybridized carbons (Fsp3) is 0.231. The lowest BCUT2D eigenvalue weighted by molar-refractivity contribution is 0.241. The molecule has 0 bridgehead atoms. The van der Waals surface area contributed by atoms with Crippen molar-refractivity contribution in [3.05, 3.63) is 24.7 Å². The molecule has 20 heavy (non-hydrogen) atoms. The summed E-state index contributed by atoms with van der Waals surface area (Å²) in [6, 6.07) is 1.88. The van der Waals surface area contributed by atoms with E-state index in [-0.39, 0.29) is 12.1 Å². The molecule has 0 aliphatic heterocycles. The van der Waals surface area contributed by atoms with Crippen molar-refractivity contribution in [2.45, 2.75) is 20.0 Å². The van der Waals surface area contributed by atoms with Gasteiger partial charge in [-0.25, -0.2) is 4.98 Å². The Morgan fingerprint density at radius 3 is 2.85 bits per heavy atom. The summed E-state index contributed by atoms with van der Waals surface area (Å²) in [7, 11) is 0. The van der Waals surface area contributed by atoms with Crippen molar-refractivity contribution in [3.8, 4) is 17.0 Å². The number of aromatic amines is 1. The Balaban J connectivity index is 2.13. The number of hydrogen-bond acceptors (Lipinski definition) is 6. The summed E-state index contributed by atoms with van der Waals surface area (Å²) in [5, 5.41) is 7.54. The Morgan fingerprint density at radius 2 is 2.05 bits per heavy atom. The van der Waals surface area contributed by atoms with Gasteiger partial charge in [0.25, 0.3) is 0 Å². The van der Waals surface area contributed by atoms with E-state index in [1.807, 2.05) is 19.9 Å². The number of fused-ring (bicyclic) bond motifs is 1. The van der Waals surface area contributed by atoms with E-state index in [0.29, 0.717) is 17.1 Å². The van der Waals surface area contributed by atoms with Crippen molar-refractivity contribution < 1.29 is 4.74 Å². The summed E-state index contributed by atoms with van der Waals surface area (Å²) in [5.74, 6) is 0.873. The van der Waals surface area contributed by atoms with Crippen LogP contribution in [0.5, 0.6) is 5.75 Å². The molecule has 0 aromatic carbocycles. The predicted molar refractivity (Wildman–Crippen MR) is 75.1 cm³/mol. The summed E-state index contributed by atoms with van der Waals surface area (Å²) >= 11 is 0. The third kappa shape index (κ3) is 2.25. The molecule has 3 N–H and O–H groups in total. The van der Waals surface area contributed by atoms with E-state index in [2.05, 4.69) is 25.1 Å². The first-order valence-corrected chi connectivity index (χ1v) is 6.22. The molecule has 0 amide bonds. The quantitative estimate of drug-likeness (QED) is 0.752. The molecule has 3 rings (SSSR count). The minimum Gasteiger partial charge on any atom is -0.489 e. The summed E-state index contributed by atoms with van der Waals surface area (Å²) in [6.45, 7) is 3.92. The number of hydrogen-bond donors (Lipinski definition) is 2. The van der Waals surface area contributed by atoms with Crippen LogP contribution in [0.15, 0.2) is 24.7 Å². The zero-order valence-corrected chi connectivity index (χ0v) is 11.2. The molecule has 0 atom stereocenters. The number of pyridine rings is 1. The lowest BCUT2D eigenvalue weighted by atomic mass is 10.1. The summed E-state index contributed by atoms with van der Waals surface area (Å²) in [6.07, 6.45) is 5.12. The largest absolute Gasteiger partial charge is 0.489 e. The molecule has 7 nitrogen and oxygen atoms in total. The van der Waals surface area contributed by atoms with Crippen LogP contribution in [0.4, 0.5) is 5.95 Å². The van der Waals surface area contributed by atoms with Crippen molar-refractivity contribution >= 4 is 17.0 Å². The number of nitrogen functional groups attached to an aromatic ring is 1. The molecule has 0 aliphatic rings. The van der Waals surface area contributed by atoms with E-state index in [4.69, 9.17) is 10.5 Å². The zero-order chi connectivity index (χ0) is 14.1. The van der Waals surface area contributed by atoms with E-state index in [0.717, 1.165) is 10.9 Å². The van der Waals surface area contributed by atoms with Crippen LogP contribution in [0.3, 0.4) is 0 Å². The Bertz CT molecular complexity index is 751. The Morgan fingerprint density at radius 1 is 1.20 bits per heavy atom. The molecule has 3 aromatic rings. The first-order valence-electron chi connectivity index (χ1n) is 6.22. The molecule has 0 saturated heterocycles. The van der Waals surface area contributed by atoms with Gasteiger partial charge in [0, 0.05) is 11.8 Å². The van der Waals surface area contributed by atoms with Gasteiger partial charge in [-0.1, -0.05) is 0 Å². The Kier molecular flexibility index (Phi) is 2.94. The molecule has 0 unspecified atom stereocenters.